The summed E-state index contributed by atoms with van der Waals surface area (Å²) >= 11 is 0. The summed E-state index contributed by atoms with van der Waals surface area (Å²) in [7, 11) is 1.67. The van der Waals surface area contributed by atoms with Crippen molar-refractivity contribution in [3.63, 3.8) is 0 Å². The highest BCUT2D eigenvalue weighted by Gasteiger charge is 2.43. The number of nitrogens with two attached hydrogens (primary N) is 2. The third kappa shape index (κ3) is 3.76. The fraction of sp³-hybridized carbons (Fsp3) is 0.455. The number of ether oxygens (including phenoxy) is 2. The summed E-state index contributed by atoms with van der Waals surface area (Å²) in [6.07, 6.45) is 9.81. The summed E-state index contributed by atoms with van der Waals surface area (Å²) in [6, 6.07) is 6.27. The molecule has 4 rings (SSSR count). The first-order chi connectivity index (χ1) is 13.6. The molecule has 1 heterocycles. The Bertz CT molecular complexity index is 889. The van der Waals surface area contributed by atoms with Crippen LogP contribution in [-0.2, 0) is 5.41 Å². The van der Waals surface area contributed by atoms with Gasteiger partial charge in [-0.3, -0.25) is 0 Å². The lowest BCUT2D eigenvalue weighted by Gasteiger charge is -2.43. The van der Waals surface area contributed by atoms with E-state index in [0.29, 0.717) is 0 Å². The molecule has 2 aromatic rings. The Morgan fingerprint density at radius 1 is 1.11 bits per heavy atom. The van der Waals surface area contributed by atoms with Gasteiger partial charge >= 0.3 is 0 Å². The largest absolute Gasteiger partial charge is 0.493 e. The van der Waals surface area contributed by atoms with Gasteiger partial charge < -0.3 is 20.9 Å². The van der Waals surface area contributed by atoms with Crippen LogP contribution in [-0.4, -0.2) is 29.2 Å². The Kier molecular flexibility index (Phi) is 5.10. The molecule has 6 nitrogen and oxygen atoms in total. The molecule has 0 amide bonds. The number of anilines is 1. The van der Waals surface area contributed by atoms with Crippen molar-refractivity contribution in [3.8, 4) is 23.3 Å². The van der Waals surface area contributed by atoms with Crippen molar-refractivity contribution in [2.45, 2.75) is 56.1 Å². The van der Waals surface area contributed by atoms with Crippen LogP contribution in [0.4, 0.5) is 5.95 Å². The molecule has 146 valence electrons. The van der Waals surface area contributed by atoms with Crippen molar-refractivity contribution in [3.05, 3.63) is 41.7 Å². The summed E-state index contributed by atoms with van der Waals surface area (Å²) in [5.74, 6) is 8.42. The lowest BCUT2D eigenvalue weighted by molar-refractivity contribution is 0.199. The van der Waals surface area contributed by atoms with Gasteiger partial charge in [-0.15, -0.1) is 0 Å². The van der Waals surface area contributed by atoms with Crippen LogP contribution >= 0.6 is 0 Å². The van der Waals surface area contributed by atoms with E-state index in [9.17, 15) is 0 Å². The van der Waals surface area contributed by atoms with Gasteiger partial charge in [-0.25, -0.2) is 9.97 Å². The fourth-order valence-electron chi connectivity index (χ4n) is 4.09. The van der Waals surface area contributed by atoms with E-state index < -0.39 is 0 Å². The van der Waals surface area contributed by atoms with Crippen molar-refractivity contribution in [1.82, 2.24) is 9.97 Å². The molecule has 0 radical (unpaired) electrons. The quantitative estimate of drug-likeness (QED) is 0.794. The molecule has 0 bridgehead atoms. The van der Waals surface area contributed by atoms with Crippen molar-refractivity contribution < 1.29 is 9.47 Å². The molecule has 6 heteroatoms. The predicted octanol–water partition coefficient (Wildman–Crippen LogP) is 2.80. The van der Waals surface area contributed by atoms with Gasteiger partial charge in [0.2, 0.25) is 5.95 Å². The van der Waals surface area contributed by atoms with Crippen LogP contribution in [0.1, 0.15) is 49.7 Å². The number of hydrogen-bond acceptors (Lipinski definition) is 6. The highest BCUT2D eigenvalue weighted by molar-refractivity contribution is 5.51. The monoisotopic (exact) mass is 378 g/mol. The SMILES string of the molecule is COc1ccc(C2(C#Cc3cnc(N)nc3)CC(N)C2)cc1OC1CCCC1. The molecule has 0 saturated heterocycles. The van der Waals surface area contributed by atoms with Gasteiger partial charge in [0.15, 0.2) is 11.5 Å². The van der Waals surface area contributed by atoms with Crippen LogP contribution in [0, 0.1) is 11.8 Å². The molecule has 1 aromatic carbocycles. The lowest BCUT2D eigenvalue weighted by Crippen LogP contribution is -2.48. The molecule has 0 spiro atoms. The second-order valence-electron chi connectivity index (χ2n) is 7.72. The molecule has 2 saturated carbocycles. The number of aromatic nitrogens is 2. The molecule has 4 N–H and O–H groups in total. The minimum absolute atomic E-state index is 0.151. The topological polar surface area (TPSA) is 96.3 Å². The van der Waals surface area contributed by atoms with Gasteiger partial charge in [-0.1, -0.05) is 17.9 Å². The minimum Gasteiger partial charge on any atom is -0.493 e. The highest BCUT2D eigenvalue weighted by Crippen LogP contribution is 2.45. The number of rotatable bonds is 4. The first kappa shape index (κ1) is 18.6. The molecule has 28 heavy (non-hydrogen) atoms. The van der Waals surface area contributed by atoms with Crippen LogP contribution in [0.5, 0.6) is 11.5 Å². The molecule has 0 atom stereocenters. The lowest BCUT2D eigenvalue weighted by atomic mass is 9.62. The number of nitrogens with zero attached hydrogens (tertiary/aromatic N) is 2. The first-order valence-corrected chi connectivity index (χ1v) is 9.79. The van der Waals surface area contributed by atoms with Crippen LogP contribution in [0.3, 0.4) is 0 Å². The summed E-state index contributed by atoms with van der Waals surface area (Å²) in [4.78, 5) is 8.02. The van der Waals surface area contributed by atoms with E-state index in [-0.39, 0.29) is 23.5 Å². The number of methoxy groups -OCH3 is 1. The second kappa shape index (κ2) is 7.69. The van der Waals surface area contributed by atoms with Gasteiger partial charge in [-0.2, -0.15) is 0 Å². The molecule has 0 aliphatic heterocycles. The Balaban J connectivity index is 1.65. The standard InChI is InChI=1S/C22H26N4O2/c1-27-19-7-6-16(10-20(19)28-18-4-2-3-5-18)22(11-17(23)12-22)9-8-15-13-25-21(24)26-14-15/h6-7,10,13-14,17-18H,2-5,11-12,23H2,1H3,(H2,24,25,26). The van der Waals surface area contributed by atoms with E-state index in [0.717, 1.165) is 48.3 Å². The van der Waals surface area contributed by atoms with Gasteiger partial charge in [0.25, 0.3) is 0 Å². The smallest absolute Gasteiger partial charge is 0.219 e. The first-order valence-electron chi connectivity index (χ1n) is 9.79. The van der Waals surface area contributed by atoms with Crippen molar-refractivity contribution in [1.29, 1.82) is 0 Å². The average Bonchev–Trinajstić information content (AvgIpc) is 3.18. The van der Waals surface area contributed by atoms with E-state index in [4.69, 9.17) is 20.9 Å². The van der Waals surface area contributed by atoms with E-state index in [1.807, 2.05) is 6.07 Å². The van der Waals surface area contributed by atoms with Gasteiger partial charge in [0.05, 0.1) is 24.2 Å². The zero-order valence-corrected chi connectivity index (χ0v) is 16.1. The van der Waals surface area contributed by atoms with E-state index in [1.54, 1.807) is 19.5 Å². The van der Waals surface area contributed by atoms with Crippen molar-refractivity contribution in [2.75, 3.05) is 12.8 Å². The van der Waals surface area contributed by atoms with Crippen LogP contribution in [0.25, 0.3) is 0 Å². The number of hydrogen-bond donors (Lipinski definition) is 2. The van der Waals surface area contributed by atoms with Crippen LogP contribution in [0.2, 0.25) is 0 Å². The zero-order valence-electron chi connectivity index (χ0n) is 16.1. The summed E-state index contributed by atoms with van der Waals surface area (Å²) < 4.78 is 11.8. The zero-order chi connectivity index (χ0) is 19.6. The minimum atomic E-state index is -0.291. The van der Waals surface area contributed by atoms with Crippen molar-refractivity contribution in [2.24, 2.45) is 5.73 Å². The number of benzene rings is 1. The fourth-order valence-corrected chi connectivity index (χ4v) is 4.09. The maximum absolute atomic E-state index is 6.27. The maximum Gasteiger partial charge on any atom is 0.219 e. The molecule has 2 aliphatic rings. The maximum atomic E-state index is 6.27. The normalized spacial score (nSPS) is 24.1. The Hall–Kier alpha value is -2.78. The van der Waals surface area contributed by atoms with Gasteiger partial charge in [0, 0.05) is 18.4 Å². The Morgan fingerprint density at radius 2 is 1.82 bits per heavy atom. The van der Waals surface area contributed by atoms with Crippen LogP contribution < -0.4 is 20.9 Å². The Labute approximate surface area is 165 Å². The molecular weight excluding hydrogens is 352 g/mol. The second-order valence-corrected chi connectivity index (χ2v) is 7.72. The van der Waals surface area contributed by atoms with Crippen LogP contribution in [0.15, 0.2) is 30.6 Å². The average molecular weight is 378 g/mol. The molecule has 1 aromatic heterocycles. The van der Waals surface area contributed by atoms with Gasteiger partial charge in [0.1, 0.15) is 0 Å². The summed E-state index contributed by atoms with van der Waals surface area (Å²) in [6.45, 7) is 0. The predicted molar refractivity (Wildman–Crippen MR) is 108 cm³/mol. The summed E-state index contributed by atoms with van der Waals surface area (Å²) in [5.41, 5.74) is 13.3. The molecule has 2 aliphatic carbocycles. The molecular formula is C22H26N4O2. The highest BCUT2D eigenvalue weighted by atomic mass is 16.5. The van der Waals surface area contributed by atoms with E-state index in [2.05, 4.69) is 33.9 Å². The van der Waals surface area contributed by atoms with E-state index >= 15 is 0 Å². The Morgan fingerprint density at radius 3 is 2.46 bits per heavy atom. The van der Waals surface area contributed by atoms with E-state index in [1.165, 1.54) is 12.8 Å². The summed E-state index contributed by atoms with van der Waals surface area (Å²) in [5, 5.41) is 0. The third-order valence-electron chi connectivity index (χ3n) is 5.65. The third-order valence-corrected chi connectivity index (χ3v) is 5.65. The van der Waals surface area contributed by atoms with Crippen molar-refractivity contribution >= 4 is 5.95 Å². The van der Waals surface area contributed by atoms with Gasteiger partial charge in [-0.05, 0) is 56.2 Å². The molecule has 2 fully saturated rings. The molecule has 0 unspecified atom stereocenters. The number of nitrogen functional groups attached to an aromatic ring is 1.